The molecule has 1 N–H and O–H groups in total. The van der Waals surface area contributed by atoms with E-state index in [-0.39, 0.29) is 0 Å². The maximum absolute atomic E-state index is 11.9. The van der Waals surface area contributed by atoms with Crippen LogP contribution in [0.3, 0.4) is 0 Å². The van der Waals surface area contributed by atoms with Gasteiger partial charge in [-0.1, -0.05) is 29.8 Å². The summed E-state index contributed by atoms with van der Waals surface area (Å²) in [5.74, 6) is -0.529. The van der Waals surface area contributed by atoms with Crippen LogP contribution in [0, 0.1) is 6.92 Å². The molecule has 1 amide bonds. The summed E-state index contributed by atoms with van der Waals surface area (Å²) >= 11 is 0. The summed E-state index contributed by atoms with van der Waals surface area (Å²) in [5.41, 5.74) is 1.78. The molecule has 1 heterocycles. The van der Waals surface area contributed by atoms with E-state index >= 15 is 0 Å². The maximum Gasteiger partial charge on any atom is 0.405 e. The number of halogens is 3. The fourth-order valence-corrected chi connectivity index (χ4v) is 1.51. The Morgan fingerprint density at radius 3 is 2.57 bits per heavy atom. The number of aromatic nitrogens is 4. The van der Waals surface area contributed by atoms with Gasteiger partial charge in [0.2, 0.25) is 11.7 Å². The lowest BCUT2D eigenvalue weighted by Gasteiger charge is -2.07. The summed E-state index contributed by atoms with van der Waals surface area (Å²) in [6.07, 6.45) is -4.45. The number of nitrogens with one attached hydrogen (secondary N) is 1. The first-order valence-corrected chi connectivity index (χ1v) is 6.02. The van der Waals surface area contributed by atoms with E-state index in [0.717, 1.165) is 10.4 Å². The first-order chi connectivity index (χ1) is 9.83. The molecular weight excluding hydrogens is 287 g/mol. The van der Waals surface area contributed by atoms with Crippen LogP contribution >= 0.6 is 0 Å². The molecule has 0 fully saturated rings. The van der Waals surface area contributed by atoms with E-state index in [1.807, 2.05) is 19.1 Å². The van der Waals surface area contributed by atoms with Crippen molar-refractivity contribution in [1.82, 2.24) is 25.5 Å². The Morgan fingerprint density at radius 2 is 1.95 bits per heavy atom. The van der Waals surface area contributed by atoms with Gasteiger partial charge in [0.1, 0.15) is 13.1 Å². The van der Waals surface area contributed by atoms with Crippen molar-refractivity contribution in [1.29, 1.82) is 0 Å². The van der Waals surface area contributed by atoms with Gasteiger partial charge in [-0.15, -0.1) is 10.2 Å². The number of carbonyl (C=O) groups is 1. The fourth-order valence-electron chi connectivity index (χ4n) is 1.51. The summed E-state index contributed by atoms with van der Waals surface area (Å²) < 4.78 is 35.8. The lowest BCUT2D eigenvalue weighted by atomic mass is 10.1. The zero-order valence-corrected chi connectivity index (χ0v) is 11.1. The topological polar surface area (TPSA) is 72.7 Å². The van der Waals surface area contributed by atoms with Crippen molar-refractivity contribution < 1.29 is 18.0 Å². The van der Waals surface area contributed by atoms with Crippen molar-refractivity contribution in [3.63, 3.8) is 0 Å². The van der Waals surface area contributed by atoms with E-state index in [1.165, 1.54) is 0 Å². The molecule has 112 valence electrons. The molecule has 0 unspecified atom stereocenters. The van der Waals surface area contributed by atoms with E-state index in [9.17, 15) is 18.0 Å². The van der Waals surface area contributed by atoms with E-state index in [0.29, 0.717) is 11.4 Å². The molecule has 6 nitrogen and oxygen atoms in total. The molecule has 1 aromatic heterocycles. The summed E-state index contributed by atoms with van der Waals surface area (Å²) in [5, 5.41) is 13.1. The highest BCUT2D eigenvalue weighted by molar-refractivity contribution is 5.75. The molecule has 0 aliphatic carbocycles. The fraction of sp³-hybridized carbons (Fsp3) is 0.333. The third-order valence-corrected chi connectivity index (χ3v) is 2.53. The lowest BCUT2D eigenvalue weighted by Crippen LogP contribution is -2.36. The first-order valence-electron chi connectivity index (χ1n) is 6.02. The minimum atomic E-state index is -4.45. The molecule has 0 spiro atoms. The van der Waals surface area contributed by atoms with Crippen LogP contribution in [0.2, 0.25) is 0 Å². The van der Waals surface area contributed by atoms with Crippen molar-refractivity contribution in [3.8, 4) is 11.4 Å². The van der Waals surface area contributed by atoms with Crippen molar-refractivity contribution in [2.24, 2.45) is 0 Å². The van der Waals surface area contributed by atoms with Gasteiger partial charge in [0.05, 0.1) is 0 Å². The monoisotopic (exact) mass is 299 g/mol. The Bertz CT molecular complexity index is 621. The SMILES string of the molecule is Cc1ccc(-c2nnn(CC(=O)NCC(F)(F)F)n2)cc1. The van der Waals surface area contributed by atoms with Gasteiger partial charge < -0.3 is 5.32 Å². The summed E-state index contributed by atoms with van der Waals surface area (Å²) in [6, 6.07) is 7.32. The highest BCUT2D eigenvalue weighted by Crippen LogP contribution is 2.14. The van der Waals surface area contributed by atoms with Crippen LogP contribution in [0.25, 0.3) is 11.4 Å². The number of tetrazole rings is 1. The highest BCUT2D eigenvalue weighted by atomic mass is 19.4. The molecule has 0 bridgehead atoms. The number of carbonyl (C=O) groups excluding carboxylic acids is 1. The molecule has 0 radical (unpaired) electrons. The Labute approximate surface area is 118 Å². The highest BCUT2D eigenvalue weighted by Gasteiger charge is 2.27. The number of hydrogen-bond acceptors (Lipinski definition) is 4. The van der Waals surface area contributed by atoms with Crippen molar-refractivity contribution in [2.45, 2.75) is 19.6 Å². The van der Waals surface area contributed by atoms with Gasteiger partial charge in [-0.2, -0.15) is 18.0 Å². The van der Waals surface area contributed by atoms with Gasteiger partial charge in [-0.25, -0.2) is 0 Å². The third kappa shape index (κ3) is 4.55. The van der Waals surface area contributed by atoms with Crippen LogP contribution in [0.1, 0.15) is 5.56 Å². The zero-order chi connectivity index (χ0) is 15.5. The second kappa shape index (κ2) is 5.90. The van der Waals surface area contributed by atoms with Crippen LogP contribution in [0.15, 0.2) is 24.3 Å². The average Bonchev–Trinajstić information content (AvgIpc) is 2.85. The van der Waals surface area contributed by atoms with Crippen molar-refractivity contribution >= 4 is 5.91 Å². The Morgan fingerprint density at radius 1 is 1.29 bits per heavy atom. The van der Waals surface area contributed by atoms with Crippen molar-refractivity contribution in [3.05, 3.63) is 29.8 Å². The normalized spacial score (nSPS) is 11.4. The molecule has 9 heteroatoms. The Balaban J connectivity index is 1.97. The minimum absolute atomic E-state index is 0.304. The molecular formula is C12H12F3N5O. The average molecular weight is 299 g/mol. The second-order valence-electron chi connectivity index (χ2n) is 4.40. The van der Waals surface area contributed by atoms with Crippen LogP contribution in [0.4, 0.5) is 13.2 Å². The number of aryl methyl sites for hydroxylation is 1. The minimum Gasteiger partial charge on any atom is -0.345 e. The second-order valence-corrected chi connectivity index (χ2v) is 4.40. The Kier molecular flexibility index (Phi) is 4.20. The lowest BCUT2D eigenvalue weighted by molar-refractivity contribution is -0.139. The van der Waals surface area contributed by atoms with Gasteiger partial charge in [0.15, 0.2) is 0 Å². The molecule has 0 saturated carbocycles. The van der Waals surface area contributed by atoms with Gasteiger partial charge in [0.25, 0.3) is 0 Å². The van der Waals surface area contributed by atoms with E-state index in [1.54, 1.807) is 17.4 Å². The number of alkyl halides is 3. The zero-order valence-electron chi connectivity index (χ0n) is 11.1. The van der Waals surface area contributed by atoms with Crippen LogP contribution in [-0.2, 0) is 11.3 Å². The standard InChI is InChI=1S/C12H12F3N5O/c1-8-2-4-9(5-3-8)11-17-19-20(18-11)6-10(21)16-7-12(13,14)15/h2-5H,6-7H2,1H3,(H,16,21). The maximum atomic E-state index is 11.9. The molecule has 1 aromatic carbocycles. The smallest absolute Gasteiger partial charge is 0.345 e. The predicted octanol–water partition coefficient (Wildman–Crippen LogP) is 1.33. The molecule has 0 aliphatic rings. The predicted molar refractivity (Wildman–Crippen MR) is 67.1 cm³/mol. The summed E-state index contributed by atoms with van der Waals surface area (Å²) in [4.78, 5) is 12.3. The van der Waals surface area contributed by atoms with Gasteiger partial charge in [0, 0.05) is 5.56 Å². The van der Waals surface area contributed by atoms with Crippen LogP contribution in [-0.4, -0.2) is 38.8 Å². The van der Waals surface area contributed by atoms with E-state index < -0.39 is 25.2 Å². The molecule has 2 rings (SSSR count). The van der Waals surface area contributed by atoms with Gasteiger partial charge in [-0.3, -0.25) is 4.79 Å². The van der Waals surface area contributed by atoms with Crippen LogP contribution < -0.4 is 5.32 Å². The first kappa shape index (κ1) is 14.9. The Hall–Kier alpha value is -2.45. The molecule has 2 aromatic rings. The summed E-state index contributed by atoms with van der Waals surface area (Å²) in [7, 11) is 0. The number of benzene rings is 1. The van der Waals surface area contributed by atoms with Crippen molar-refractivity contribution in [2.75, 3.05) is 6.54 Å². The quantitative estimate of drug-likeness (QED) is 0.924. The van der Waals surface area contributed by atoms with Gasteiger partial charge in [-0.05, 0) is 12.1 Å². The number of nitrogens with zero attached hydrogens (tertiary/aromatic N) is 4. The van der Waals surface area contributed by atoms with E-state index in [4.69, 9.17) is 0 Å². The third-order valence-electron chi connectivity index (χ3n) is 2.53. The molecule has 0 saturated heterocycles. The van der Waals surface area contributed by atoms with E-state index in [2.05, 4.69) is 15.4 Å². The molecule has 21 heavy (non-hydrogen) atoms. The number of hydrogen-bond donors (Lipinski definition) is 1. The summed E-state index contributed by atoms with van der Waals surface area (Å²) in [6.45, 7) is 0.124. The van der Waals surface area contributed by atoms with Gasteiger partial charge >= 0.3 is 6.18 Å². The number of rotatable bonds is 4. The van der Waals surface area contributed by atoms with Crippen LogP contribution in [0.5, 0.6) is 0 Å². The molecule has 0 aliphatic heterocycles. The number of amides is 1. The largest absolute Gasteiger partial charge is 0.405 e. The molecule has 0 atom stereocenters.